The van der Waals surface area contributed by atoms with E-state index in [9.17, 15) is 4.79 Å². The van der Waals surface area contributed by atoms with Crippen molar-refractivity contribution in [2.24, 2.45) is 0 Å². The van der Waals surface area contributed by atoms with E-state index in [1.165, 1.54) is 9.88 Å². The van der Waals surface area contributed by atoms with Crippen LogP contribution >= 0.6 is 11.3 Å². The third kappa shape index (κ3) is 2.75. The molecular weight excluding hydrogens is 232 g/mol. The minimum atomic E-state index is 0.336. The van der Waals surface area contributed by atoms with Gasteiger partial charge >= 0.3 is 0 Å². The maximum Gasteiger partial charge on any atom is 0.135 e. The zero-order valence-electron chi connectivity index (χ0n) is 10.8. The van der Waals surface area contributed by atoms with E-state index in [0.717, 1.165) is 13.0 Å². The fourth-order valence-corrected chi connectivity index (χ4v) is 3.35. The summed E-state index contributed by atoms with van der Waals surface area (Å²) in [6, 6.07) is 0.684. The second-order valence-electron chi connectivity index (χ2n) is 4.77. The molecule has 1 saturated heterocycles. The van der Waals surface area contributed by atoms with E-state index in [2.05, 4.69) is 30.7 Å². The molecule has 0 saturated carbocycles. The number of hydrogen-bond donors (Lipinski definition) is 0. The number of carbonyl (C=O) groups excluding carboxylic acids is 1. The highest BCUT2D eigenvalue weighted by Gasteiger charge is 2.29. The van der Waals surface area contributed by atoms with Crippen LogP contribution in [0.5, 0.6) is 0 Å². The van der Waals surface area contributed by atoms with Crippen molar-refractivity contribution >= 4 is 17.1 Å². The molecule has 0 amide bonds. The quantitative estimate of drug-likeness (QED) is 0.829. The van der Waals surface area contributed by atoms with Gasteiger partial charge in [-0.2, -0.15) is 0 Å². The Morgan fingerprint density at radius 1 is 1.65 bits per heavy atom. The van der Waals surface area contributed by atoms with E-state index in [0.29, 0.717) is 30.7 Å². The van der Waals surface area contributed by atoms with Crippen molar-refractivity contribution in [3.8, 4) is 0 Å². The Morgan fingerprint density at radius 3 is 3.00 bits per heavy atom. The Labute approximate surface area is 107 Å². The van der Waals surface area contributed by atoms with Gasteiger partial charge in [-0.05, 0) is 20.3 Å². The van der Waals surface area contributed by atoms with Crippen molar-refractivity contribution in [3.05, 3.63) is 16.1 Å². The van der Waals surface area contributed by atoms with Gasteiger partial charge in [0.15, 0.2) is 0 Å². The number of nitrogens with zero attached hydrogens (tertiary/aromatic N) is 2. The summed E-state index contributed by atoms with van der Waals surface area (Å²) in [5.41, 5.74) is 0. The molecule has 2 atom stereocenters. The minimum absolute atomic E-state index is 0.336. The van der Waals surface area contributed by atoms with E-state index in [1.807, 2.05) is 6.20 Å². The van der Waals surface area contributed by atoms with Crippen molar-refractivity contribution in [1.82, 2.24) is 9.88 Å². The number of likely N-dealkylation sites (tertiary alicyclic amines) is 1. The molecule has 17 heavy (non-hydrogen) atoms. The van der Waals surface area contributed by atoms with Gasteiger partial charge in [-0.1, -0.05) is 6.92 Å². The number of carbonyl (C=O) groups is 1. The van der Waals surface area contributed by atoms with Crippen LogP contribution in [0.15, 0.2) is 6.20 Å². The number of hydrogen-bond acceptors (Lipinski definition) is 4. The van der Waals surface area contributed by atoms with Gasteiger partial charge in [-0.25, -0.2) is 4.98 Å². The molecule has 1 aromatic heterocycles. The average Bonchev–Trinajstić information content (AvgIpc) is 2.76. The molecule has 2 unspecified atom stereocenters. The van der Waals surface area contributed by atoms with Crippen molar-refractivity contribution in [1.29, 1.82) is 0 Å². The van der Waals surface area contributed by atoms with E-state index in [1.54, 1.807) is 11.3 Å². The largest absolute Gasteiger partial charge is 0.300 e. The second-order valence-corrected chi connectivity index (χ2v) is 5.92. The summed E-state index contributed by atoms with van der Waals surface area (Å²) < 4.78 is 0. The number of Topliss-reactive ketones (excluding diaryl/α,β-unsaturated/α-hetero) is 1. The monoisotopic (exact) mass is 252 g/mol. The first-order valence-corrected chi connectivity index (χ1v) is 7.15. The summed E-state index contributed by atoms with van der Waals surface area (Å²) in [5, 5.41) is 1.18. The molecule has 94 valence electrons. The Kier molecular flexibility index (Phi) is 3.94. The van der Waals surface area contributed by atoms with Crippen molar-refractivity contribution in [2.45, 2.75) is 52.1 Å². The first-order valence-electron chi connectivity index (χ1n) is 6.33. The molecule has 0 radical (unpaired) electrons. The van der Waals surface area contributed by atoms with E-state index in [4.69, 9.17) is 0 Å². The van der Waals surface area contributed by atoms with Crippen LogP contribution in [-0.4, -0.2) is 28.3 Å². The van der Waals surface area contributed by atoms with Crippen molar-refractivity contribution in [3.63, 3.8) is 0 Å². The van der Waals surface area contributed by atoms with Gasteiger partial charge in [0, 0.05) is 36.5 Å². The Hall–Kier alpha value is -0.740. The smallest absolute Gasteiger partial charge is 0.135 e. The first-order chi connectivity index (χ1) is 8.11. The second kappa shape index (κ2) is 5.27. The van der Waals surface area contributed by atoms with Gasteiger partial charge in [-0.3, -0.25) is 9.69 Å². The molecule has 0 aliphatic carbocycles. The molecular formula is C13H20N2OS. The summed E-state index contributed by atoms with van der Waals surface area (Å²) >= 11 is 1.80. The summed E-state index contributed by atoms with van der Waals surface area (Å²) in [6.07, 6.45) is 4.42. The third-order valence-corrected chi connectivity index (χ3v) is 4.82. The molecule has 1 aliphatic heterocycles. The number of aromatic nitrogens is 1. The fourth-order valence-electron chi connectivity index (χ4n) is 2.42. The van der Waals surface area contributed by atoms with Crippen LogP contribution in [-0.2, 0) is 11.2 Å². The molecule has 4 heteroatoms. The normalized spacial score (nSPS) is 23.9. The predicted molar refractivity (Wildman–Crippen MR) is 70.3 cm³/mol. The van der Waals surface area contributed by atoms with Gasteiger partial charge in [0.1, 0.15) is 10.8 Å². The van der Waals surface area contributed by atoms with Crippen LogP contribution in [0.3, 0.4) is 0 Å². The molecule has 1 fully saturated rings. The zero-order chi connectivity index (χ0) is 12.4. The highest BCUT2D eigenvalue weighted by molar-refractivity contribution is 7.11. The van der Waals surface area contributed by atoms with Gasteiger partial charge in [0.25, 0.3) is 0 Å². The number of piperidine rings is 1. The number of thiazole rings is 1. The topological polar surface area (TPSA) is 33.2 Å². The molecule has 0 N–H and O–H groups in total. The van der Waals surface area contributed by atoms with Gasteiger partial charge in [-0.15, -0.1) is 11.3 Å². The Bertz CT molecular complexity index is 402. The van der Waals surface area contributed by atoms with E-state index in [-0.39, 0.29) is 0 Å². The average molecular weight is 252 g/mol. The summed E-state index contributed by atoms with van der Waals surface area (Å²) in [4.78, 5) is 19.6. The van der Waals surface area contributed by atoms with Crippen LogP contribution in [0.4, 0.5) is 0 Å². The van der Waals surface area contributed by atoms with E-state index >= 15 is 0 Å². The summed E-state index contributed by atoms with van der Waals surface area (Å²) in [6.45, 7) is 7.37. The number of aryl methyl sites for hydroxylation is 1. The standard InChI is InChI=1S/C13H20N2OS/c1-4-12-8-14-13(17-12)10(3)15-6-5-11(16)7-9(15)2/h8-10H,4-7H2,1-3H3. The molecule has 1 aliphatic rings. The highest BCUT2D eigenvalue weighted by atomic mass is 32.1. The van der Waals surface area contributed by atoms with Crippen molar-refractivity contribution < 1.29 is 4.79 Å². The lowest BCUT2D eigenvalue weighted by atomic mass is 10.0. The zero-order valence-corrected chi connectivity index (χ0v) is 11.6. The third-order valence-electron chi connectivity index (χ3n) is 3.51. The molecule has 2 heterocycles. The van der Waals surface area contributed by atoms with Gasteiger partial charge in [0.2, 0.25) is 0 Å². The lowest BCUT2D eigenvalue weighted by molar-refractivity contribution is -0.123. The van der Waals surface area contributed by atoms with Gasteiger partial charge in [0.05, 0.1) is 6.04 Å². The SMILES string of the molecule is CCc1cnc(C(C)N2CCC(=O)CC2C)s1. The lowest BCUT2D eigenvalue weighted by Crippen LogP contribution is -2.42. The molecule has 2 rings (SSSR count). The molecule has 0 bridgehead atoms. The minimum Gasteiger partial charge on any atom is -0.300 e. The van der Waals surface area contributed by atoms with E-state index < -0.39 is 0 Å². The maximum atomic E-state index is 11.4. The number of ketones is 1. The molecule has 0 aromatic carbocycles. The highest BCUT2D eigenvalue weighted by Crippen LogP contribution is 2.29. The maximum absolute atomic E-state index is 11.4. The van der Waals surface area contributed by atoms with Gasteiger partial charge < -0.3 is 0 Å². The lowest BCUT2D eigenvalue weighted by Gasteiger charge is -2.36. The fraction of sp³-hybridized carbons (Fsp3) is 0.692. The Balaban J connectivity index is 2.08. The summed E-state index contributed by atoms with van der Waals surface area (Å²) in [7, 11) is 0. The number of rotatable bonds is 3. The van der Waals surface area contributed by atoms with Crippen LogP contribution < -0.4 is 0 Å². The van der Waals surface area contributed by atoms with Crippen LogP contribution in [0.25, 0.3) is 0 Å². The predicted octanol–water partition coefficient (Wildman–Crippen LogP) is 2.82. The molecule has 3 nitrogen and oxygen atoms in total. The van der Waals surface area contributed by atoms with Crippen LogP contribution in [0, 0.1) is 0 Å². The molecule has 0 spiro atoms. The van der Waals surface area contributed by atoms with Crippen LogP contribution in [0.2, 0.25) is 0 Å². The van der Waals surface area contributed by atoms with Crippen molar-refractivity contribution in [2.75, 3.05) is 6.54 Å². The summed E-state index contributed by atoms with van der Waals surface area (Å²) in [5.74, 6) is 0.398. The van der Waals surface area contributed by atoms with Crippen LogP contribution in [0.1, 0.15) is 49.5 Å². The molecule has 1 aromatic rings. The first kappa shape index (κ1) is 12.7. The Morgan fingerprint density at radius 2 is 2.41 bits per heavy atom.